The predicted molar refractivity (Wildman–Crippen MR) is 288 cm³/mol. The Kier molecular flexibility index (Phi) is 16.0. The van der Waals surface area contributed by atoms with E-state index in [9.17, 15) is 38.2 Å². The number of rotatable bonds is 21. The lowest BCUT2D eigenvalue weighted by Crippen LogP contribution is -2.33. The van der Waals surface area contributed by atoms with Crippen LogP contribution in [0.4, 0.5) is 53.8 Å². The van der Waals surface area contributed by atoms with Gasteiger partial charge in [-0.05, 0) is 82.6 Å². The molecule has 20 nitrogen and oxygen atoms in total. The summed E-state index contributed by atoms with van der Waals surface area (Å²) in [5.74, 6) is 0.169. The Balaban J connectivity index is 1.01. The molecule has 4 aromatic heterocycles. The van der Waals surface area contributed by atoms with E-state index in [0.29, 0.717) is 72.0 Å². The topological polar surface area (TPSA) is 261 Å². The molecule has 9 rings (SSSR count). The summed E-state index contributed by atoms with van der Waals surface area (Å²) in [6.07, 6.45) is 0.842. The van der Waals surface area contributed by atoms with Crippen LogP contribution >= 0.6 is 0 Å². The van der Waals surface area contributed by atoms with Gasteiger partial charge in [-0.15, -0.1) is 0 Å². The Labute approximate surface area is 442 Å². The largest absolute Gasteiger partial charge is 0.416 e. The molecule has 4 heterocycles. The molecule has 0 spiro atoms. The van der Waals surface area contributed by atoms with Crippen molar-refractivity contribution in [2.75, 3.05) is 52.3 Å². The summed E-state index contributed by atoms with van der Waals surface area (Å²) in [5, 5.41) is 39.0. The number of benzene rings is 5. The molecule has 5 N–H and O–H groups in total. The molecule has 5 aromatic carbocycles. The number of nitrogens with zero attached hydrogens (tertiary/aromatic N) is 9. The molecule has 0 aliphatic rings. The van der Waals surface area contributed by atoms with Crippen LogP contribution in [-0.2, 0) is 19.3 Å². The smallest absolute Gasteiger partial charge is 0.368 e. The van der Waals surface area contributed by atoms with Crippen LogP contribution in [0.25, 0.3) is 33.3 Å². The summed E-state index contributed by atoms with van der Waals surface area (Å²) >= 11 is 0. The molecule has 0 bridgehead atoms. The highest BCUT2D eigenvalue weighted by Gasteiger charge is 2.31. The predicted octanol–water partition coefficient (Wildman–Crippen LogP) is 10.2. The molecule has 0 saturated carbocycles. The lowest BCUT2D eigenvalue weighted by molar-refractivity contribution is -0.385. The van der Waals surface area contributed by atoms with Crippen LogP contribution in [0.15, 0.2) is 170 Å². The summed E-state index contributed by atoms with van der Waals surface area (Å²) in [7, 11) is 0. The maximum atomic E-state index is 15.6. The van der Waals surface area contributed by atoms with Gasteiger partial charge < -0.3 is 31.5 Å². The Morgan fingerprint density at radius 2 is 1.15 bits per heavy atom. The highest BCUT2D eigenvalue weighted by atomic mass is 19.4. The number of fused-ring (bicyclic) bond motifs is 1. The number of alkyl halides is 3. The van der Waals surface area contributed by atoms with Crippen LogP contribution in [0.5, 0.6) is 0 Å². The minimum Gasteiger partial charge on any atom is -0.368 e. The summed E-state index contributed by atoms with van der Waals surface area (Å²) in [6, 6.07) is 39.0. The number of carbonyl (C=O) groups is 2. The first-order chi connectivity index (χ1) is 37.7. The molecule has 392 valence electrons. The van der Waals surface area contributed by atoms with Gasteiger partial charge in [-0.1, -0.05) is 72.8 Å². The van der Waals surface area contributed by atoms with E-state index in [0.717, 1.165) is 34.7 Å². The number of nitro groups is 2. The fourth-order valence-corrected chi connectivity index (χ4v) is 8.19. The van der Waals surface area contributed by atoms with E-state index in [4.69, 9.17) is 4.98 Å². The van der Waals surface area contributed by atoms with Crippen LogP contribution in [0.1, 0.15) is 37.4 Å². The summed E-state index contributed by atoms with van der Waals surface area (Å²) in [5.41, 5.74) is 2.34. The van der Waals surface area contributed by atoms with E-state index in [1.807, 2.05) is 42.5 Å². The van der Waals surface area contributed by atoms with E-state index in [-0.39, 0.29) is 47.1 Å². The summed E-state index contributed by atoms with van der Waals surface area (Å²) < 4.78 is 41.0. The fourth-order valence-electron chi connectivity index (χ4n) is 8.19. The Morgan fingerprint density at radius 3 is 1.76 bits per heavy atom. The third kappa shape index (κ3) is 13.1. The van der Waals surface area contributed by atoms with Crippen molar-refractivity contribution < 1.29 is 32.6 Å². The second kappa shape index (κ2) is 23.8. The molecular weight excluding hydrogens is 1010 g/mol. The van der Waals surface area contributed by atoms with E-state index in [1.165, 1.54) is 54.9 Å². The Morgan fingerprint density at radius 1 is 0.577 bits per heavy atom. The number of hydrogen-bond acceptors (Lipinski definition) is 16. The highest BCUT2D eigenvalue weighted by Crippen LogP contribution is 2.32. The van der Waals surface area contributed by atoms with Crippen molar-refractivity contribution in [3.63, 3.8) is 0 Å². The fraction of sp³-hybridized carbons (Fsp3) is 0.127. The Hall–Kier alpha value is -10.4. The molecule has 0 fully saturated rings. The van der Waals surface area contributed by atoms with E-state index < -0.39 is 33.4 Å². The maximum absolute atomic E-state index is 15.6. The minimum atomic E-state index is -4.60. The van der Waals surface area contributed by atoms with Gasteiger partial charge >= 0.3 is 6.18 Å². The normalized spacial score (nSPS) is 11.1. The highest BCUT2D eigenvalue weighted by molar-refractivity contribution is 6.14. The molecule has 2 amide bonds. The first kappa shape index (κ1) is 52.4. The lowest BCUT2D eigenvalue weighted by atomic mass is 9.98. The second-order valence-corrected chi connectivity index (χ2v) is 17.3. The quantitative estimate of drug-likeness (QED) is 0.0255. The maximum Gasteiger partial charge on any atom is 0.416 e. The summed E-state index contributed by atoms with van der Waals surface area (Å²) in [4.78, 5) is 78.5. The lowest BCUT2D eigenvalue weighted by Gasteiger charge is -2.25. The molecule has 0 aliphatic heterocycles. The molecule has 9 aromatic rings. The third-order valence-electron chi connectivity index (χ3n) is 12.1. The Bertz CT molecular complexity index is 3620. The van der Waals surface area contributed by atoms with Crippen molar-refractivity contribution in [2.45, 2.75) is 19.3 Å². The molecule has 0 aliphatic carbocycles. The molecule has 0 atom stereocenters. The number of anilines is 5. The van der Waals surface area contributed by atoms with Crippen LogP contribution in [0.2, 0.25) is 0 Å². The molecule has 0 unspecified atom stereocenters. The third-order valence-corrected chi connectivity index (χ3v) is 12.1. The van der Waals surface area contributed by atoms with Crippen molar-refractivity contribution in [3.8, 4) is 22.5 Å². The van der Waals surface area contributed by atoms with Gasteiger partial charge in [-0.2, -0.15) is 13.2 Å². The molecule has 78 heavy (non-hydrogen) atoms. The number of nitrogens with one attached hydrogen (secondary N) is 5. The number of pyridine rings is 2. The minimum absolute atomic E-state index is 0.0309. The van der Waals surface area contributed by atoms with Crippen molar-refractivity contribution in [1.82, 2.24) is 35.2 Å². The standard InChI is InChI=1S/C55H45F3N14O6/c56-55(57,58)40-9-3-5-35(29-40)31-67-51(73)45-18-13-38(48-22-24-62-54(69-48)64-28-26-60-50-20-17-43(33-66-50)72(77)78)30-46(45)52(74)70(34-39-8-4-7-36-6-1-2-10-44(36)39)41-14-11-37(12-15-41)47-21-23-61-53(68-47)63-27-25-59-49-19-16-42(32-65-49)71(75)76/h1-24,29-30,32-33H,25-28,31,34H2,(H,59,65)(H,60,66)(H,67,73)(H,61,63,68)(H,62,64,69). The van der Waals surface area contributed by atoms with Gasteiger partial charge in [0, 0.05) is 74.1 Å². The number of amides is 2. The van der Waals surface area contributed by atoms with Crippen LogP contribution < -0.4 is 31.5 Å². The molecule has 0 saturated heterocycles. The number of aromatic nitrogens is 6. The SMILES string of the molecule is O=C(NCc1cccc(C(F)(F)F)c1)c1ccc(-c2ccnc(NCCNc3ccc([N+](=O)[O-])cn3)n2)cc1C(=O)N(Cc1cccc2ccccc12)c1ccc(-c2ccnc(NCCNc3ccc([N+](=O)[O-])cn3)n2)cc1. The van der Waals surface area contributed by atoms with Gasteiger partial charge in [0.15, 0.2) is 0 Å². The zero-order chi connectivity index (χ0) is 54.6. The number of carbonyl (C=O) groups excluding carboxylic acids is 2. The van der Waals surface area contributed by atoms with Crippen molar-refractivity contribution in [1.29, 1.82) is 0 Å². The van der Waals surface area contributed by atoms with Gasteiger partial charge in [0.2, 0.25) is 11.9 Å². The average molecular weight is 1060 g/mol. The molecule has 23 heteroatoms. The van der Waals surface area contributed by atoms with Gasteiger partial charge in [0.05, 0.1) is 44.5 Å². The van der Waals surface area contributed by atoms with E-state index in [1.54, 1.807) is 59.6 Å². The zero-order valence-electron chi connectivity index (χ0n) is 41.0. The van der Waals surface area contributed by atoms with Crippen LogP contribution in [0.3, 0.4) is 0 Å². The molecular formula is C55H45F3N14O6. The number of hydrogen-bond donors (Lipinski definition) is 5. The van der Waals surface area contributed by atoms with Gasteiger partial charge in [-0.25, -0.2) is 29.9 Å². The monoisotopic (exact) mass is 1050 g/mol. The van der Waals surface area contributed by atoms with Crippen molar-refractivity contribution in [2.24, 2.45) is 0 Å². The van der Waals surface area contributed by atoms with Crippen molar-refractivity contribution in [3.05, 3.63) is 218 Å². The first-order valence-corrected chi connectivity index (χ1v) is 24.1. The van der Waals surface area contributed by atoms with Gasteiger partial charge in [-0.3, -0.25) is 29.8 Å². The van der Waals surface area contributed by atoms with Crippen molar-refractivity contribution >= 4 is 63.2 Å². The number of halogens is 3. The van der Waals surface area contributed by atoms with Gasteiger partial charge in [0.25, 0.3) is 23.2 Å². The second-order valence-electron chi connectivity index (χ2n) is 17.3. The zero-order valence-corrected chi connectivity index (χ0v) is 41.0. The summed E-state index contributed by atoms with van der Waals surface area (Å²) in [6.45, 7) is 1.22. The molecule has 0 radical (unpaired) electrons. The average Bonchev–Trinajstić information content (AvgIpc) is 3.56. The van der Waals surface area contributed by atoms with Gasteiger partial charge in [0.1, 0.15) is 24.0 Å². The van der Waals surface area contributed by atoms with E-state index >= 15 is 4.79 Å². The van der Waals surface area contributed by atoms with E-state index in [2.05, 4.69) is 51.5 Å². The first-order valence-electron chi connectivity index (χ1n) is 24.1. The van der Waals surface area contributed by atoms with Crippen LogP contribution in [-0.4, -0.2) is 77.7 Å². The van der Waals surface area contributed by atoms with Crippen LogP contribution in [0, 0.1) is 20.2 Å².